The summed E-state index contributed by atoms with van der Waals surface area (Å²) in [6.07, 6.45) is 4.49. The first-order valence-electron chi connectivity index (χ1n) is 2.81. The van der Waals surface area contributed by atoms with Crippen molar-refractivity contribution < 1.29 is 4.74 Å². The Morgan fingerprint density at radius 3 is 3.00 bits per heavy atom. The largest absolute Gasteiger partial charge is 0.299 e. The molecule has 0 saturated heterocycles. The topological polar surface area (TPSA) is 9.23 Å². The zero-order chi connectivity index (χ0) is 6.10. The molecular formula is C8H5O+. The van der Waals surface area contributed by atoms with Gasteiger partial charge in [0.05, 0.1) is 6.07 Å². The highest BCUT2D eigenvalue weighted by molar-refractivity contribution is 5.58. The van der Waals surface area contributed by atoms with Crippen molar-refractivity contribution in [2.75, 3.05) is 0 Å². The van der Waals surface area contributed by atoms with E-state index >= 15 is 0 Å². The zero-order valence-electron chi connectivity index (χ0n) is 4.79. The summed E-state index contributed by atoms with van der Waals surface area (Å²) in [6, 6.07) is 7.84. The number of fused-ring (bicyclic) bond motifs is 1. The second-order valence-corrected chi connectivity index (χ2v) is 1.90. The fourth-order valence-electron chi connectivity index (χ4n) is 0.849. The number of benzene rings is 1. The highest BCUT2D eigenvalue weighted by Gasteiger charge is 2.16. The van der Waals surface area contributed by atoms with E-state index in [1.54, 1.807) is 0 Å². The third-order valence-corrected chi connectivity index (χ3v) is 1.30. The number of rotatable bonds is 0. The number of hydrogen-bond acceptors (Lipinski definition) is 1. The van der Waals surface area contributed by atoms with Crippen molar-refractivity contribution in [3.63, 3.8) is 0 Å². The van der Waals surface area contributed by atoms with Crippen molar-refractivity contribution in [1.29, 1.82) is 0 Å². The molecule has 9 heavy (non-hydrogen) atoms. The Hall–Kier alpha value is -1.33. The molecular weight excluding hydrogens is 112 g/mol. The molecule has 2 rings (SSSR count). The quantitative estimate of drug-likeness (QED) is 0.471. The monoisotopic (exact) mass is 117 g/mol. The summed E-state index contributed by atoms with van der Waals surface area (Å²) in [6.45, 7) is 0. The van der Waals surface area contributed by atoms with E-state index in [9.17, 15) is 0 Å². The van der Waals surface area contributed by atoms with Crippen LogP contribution < -0.4 is 4.74 Å². The first kappa shape index (κ1) is 4.54. The maximum Gasteiger partial charge on any atom is 0.299 e. The van der Waals surface area contributed by atoms with Crippen LogP contribution in [-0.4, -0.2) is 0 Å². The Labute approximate surface area is 53.6 Å². The lowest BCUT2D eigenvalue weighted by Crippen LogP contribution is -1.75. The molecule has 1 heterocycles. The van der Waals surface area contributed by atoms with E-state index < -0.39 is 0 Å². The van der Waals surface area contributed by atoms with Gasteiger partial charge in [0, 0.05) is 6.07 Å². The average Bonchev–Trinajstić information content (AvgIpc) is 2.33. The highest BCUT2D eigenvalue weighted by atomic mass is 16.5. The van der Waals surface area contributed by atoms with Crippen LogP contribution in [0.15, 0.2) is 24.3 Å². The Balaban J connectivity index is 2.63. The zero-order valence-corrected chi connectivity index (χ0v) is 4.79. The minimum Gasteiger partial charge on any atom is -0.274 e. The van der Waals surface area contributed by atoms with Crippen molar-refractivity contribution >= 4 is 6.08 Å². The van der Waals surface area contributed by atoms with Crippen molar-refractivity contribution in [2.45, 2.75) is 0 Å². The molecule has 0 aromatic heterocycles. The standard InChI is InChI=1S/C8H5O/c1-2-4-8-7(3-1)5-6-9-8/h1-5H/q+1. The summed E-state index contributed by atoms with van der Waals surface area (Å²) in [5.41, 5.74) is 1.11. The lowest BCUT2D eigenvalue weighted by molar-refractivity contribution is 0.469. The summed E-state index contributed by atoms with van der Waals surface area (Å²) >= 11 is 0. The van der Waals surface area contributed by atoms with Crippen LogP contribution in [0.2, 0.25) is 0 Å². The Kier molecular flexibility index (Phi) is 0.794. The van der Waals surface area contributed by atoms with Crippen LogP contribution in [-0.2, 0) is 0 Å². The van der Waals surface area contributed by atoms with Crippen LogP contribution in [0.5, 0.6) is 5.75 Å². The van der Waals surface area contributed by atoms with E-state index in [0.717, 1.165) is 11.3 Å². The molecule has 1 aromatic rings. The van der Waals surface area contributed by atoms with E-state index in [2.05, 4.69) is 6.26 Å². The first-order chi connectivity index (χ1) is 4.47. The normalized spacial score (nSPS) is 12.0. The minimum atomic E-state index is 0.900. The molecule has 0 bridgehead atoms. The molecule has 0 N–H and O–H groups in total. The highest BCUT2D eigenvalue weighted by Crippen LogP contribution is 2.23. The van der Waals surface area contributed by atoms with Crippen LogP contribution in [0, 0.1) is 6.26 Å². The van der Waals surface area contributed by atoms with Gasteiger partial charge in [-0.2, -0.15) is 0 Å². The molecule has 0 aliphatic carbocycles. The van der Waals surface area contributed by atoms with Gasteiger partial charge in [-0.15, -0.1) is 0 Å². The van der Waals surface area contributed by atoms with Gasteiger partial charge in [0.1, 0.15) is 0 Å². The first-order valence-corrected chi connectivity index (χ1v) is 2.81. The van der Waals surface area contributed by atoms with Gasteiger partial charge in [-0.25, -0.2) is 0 Å². The lowest BCUT2D eigenvalue weighted by atomic mass is 10.2. The molecule has 42 valence electrons. The molecule has 1 aromatic carbocycles. The van der Waals surface area contributed by atoms with Crippen LogP contribution in [0.25, 0.3) is 6.08 Å². The van der Waals surface area contributed by atoms with E-state index in [4.69, 9.17) is 4.74 Å². The predicted octanol–water partition coefficient (Wildman–Crippen LogP) is 1.85. The van der Waals surface area contributed by atoms with Gasteiger partial charge >= 0.3 is 0 Å². The smallest absolute Gasteiger partial charge is 0.274 e. The van der Waals surface area contributed by atoms with Gasteiger partial charge in [0.25, 0.3) is 5.75 Å². The summed E-state index contributed by atoms with van der Waals surface area (Å²) < 4.78 is 4.99. The lowest BCUT2D eigenvalue weighted by Gasteiger charge is -1.80. The maximum atomic E-state index is 4.99. The van der Waals surface area contributed by atoms with Crippen LogP contribution in [0.4, 0.5) is 0 Å². The molecule has 1 heteroatoms. The van der Waals surface area contributed by atoms with Crippen molar-refractivity contribution in [1.82, 2.24) is 0 Å². The summed E-state index contributed by atoms with van der Waals surface area (Å²) in [7, 11) is 0. The molecule has 0 saturated carbocycles. The Morgan fingerprint density at radius 1 is 1.22 bits per heavy atom. The SMILES string of the molecule is [C+]1=Cc2ccccc2O1. The second-order valence-electron chi connectivity index (χ2n) is 1.90. The molecule has 0 unspecified atom stereocenters. The van der Waals surface area contributed by atoms with E-state index in [-0.39, 0.29) is 0 Å². The van der Waals surface area contributed by atoms with E-state index in [1.807, 2.05) is 30.3 Å². The van der Waals surface area contributed by atoms with Crippen molar-refractivity contribution in [3.8, 4) is 5.75 Å². The third-order valence-electron chi connectivity index (χ3n) is 1.30. The van der Waals surface area contributed by atoms with Gasteiger partial charge in [0.15, 0.2) is 11.6 Å². The van der Waals surface area contributed by atoms with E-state index in [0.29, 0.717) is 0 Å². The molecule has 1 aliphatic rings. The average molecular weight is 117 g/mol. The van der Waals surface area contributed by atoms with Gasteiger partial charge in [-0.05, 0) is 12.1 Å². The van der Waals surface area contributed by atoms with Gasteiger partial charge in [0.2, 0.25) is 6.26 Å². The van der Waals surface area contributed by atoms with Gasteiger partial charge in [-0.3, -0.25) is 4.74 Å². The van der Waals surface area contributed by atoms with Gasteiger partial charge in [-0.1, -0.05) is 0 Å². The van der Waals surface area contributed by atoms with Crippen LogP contribution in [0.1, 0.15) is 5.56 Å². The predicted molar refractivity (Wildman–Crippen MR) is 34.8 cm³/mol. The summed E-state index contributed by atoms with van der Waals surface area (Å²) in [5, 5.41) is 0. The maximum absolute atomic E-state index is 4.99. The summed E-state index contributed by atoms with van der Waals surface area (Å²) in [4.78, 5) is 0. The molecule has 0 radical (unpaired) electrons. The van der Waals surface area contributed by atoms with Crippen molar-refractivity contribution in [3.05, 3.63) is 36.1 Å². The Morgan fingerprint density at radius 2 is 2.11 bits per heavy atom. The number of ether oxygens (including phenoxy) is 1. The molecule has 0 fully saturated rings. The molecule has 0 atom stereocenters. The Bertz CT molecular complexity index is 250. The molecule has 1 nitrogen and oxygen atoms in total. The second kappa shape index (κ2) is 1.57. The summed E-state index contributed by atoms with van der Waals surface area (Å²) in [5.74, 6) is 0.900. The molecule has 1 aliphatic heterocycles. The van der Waals surface area contributed by atoms with E-state index in [1.165, 1.54) is 0 Å². The third kappa shape index (κ3) is 0.592. The minimum absolute atomic E-state index is 0.900. The fraction of sp³-hybridized carbons (Fsp3) is 0. The number of hydrogen-bond donors (Lipinski definition) is 0. The van der Waals surface area contributed by atoms with Crippen molar-refractivity contribution in [2.24, 2.45) is 0 Å². The van der Waals surface area contributed by atoms with Crippen LogP contribution >= 0.6 is 0 Å². The number of para-hydroxylation sites is 1. The van der Waals surface area contributed by atoms with Gasteiger partial charge < -0.3 is 0 Å². The molecule has 0 spiro atoms. The van der Waals surface area contributed by atoms with Crippen LogP contribution in [0.3, 0.4) is 0 Å². The molecule has 0 amide bonds. The fourth-order valence-corrected chi connectivity index (χ4v) is 0.849.